The Morgan fingerprint density at radius 1 is 1.75 bits per heavy atom. The monoisotopic (exact) mass is 168 g/mol. The molecule has 1 aromatic rings. The summed E-state index contributed by atoms with van der Waals surface area (Å²) in [6.07, 6.45) is 3.44. The van der Waals surface area contributed by atoms with E-state index in [4.69, 9.17) is 0 Å². The molecule has 12 heavy (non-hydrogen) atoms. The molecule has 1 rings (SSSR count). The van der Waals surface area contributed by atoms with E-state index in [2.05, 4.69) is 21.9 Å². The SMILES string of the molecule is CCCCNC(=O)c1ccon1. The van der Waals surface area contributed by atoms with Crippen LogP contribution < -0.4 is 5.32 Å². The lowest BCUT2D eigenvalue weighted by atomic mass is 10.3. The van der Waals surface area contributed by atoms with Crippen LogP contribution in [0.5, 0.6) is 0 Å². The third-order valence-corrected chi connectivity index (χ3v) is 1.49. The number of carbonyl (C=O) groups excluding carboxylic acids is 1. The van der Waals surface area contributed by atoms with Crippen molar-refractivity contribution in [1.29, 1.82) is 0 Å². The minimum Gasteiger partial charge on any atom is -0.364 e. The van der Waals surface area contributed by atoms with Gasteiger partial charge in [-0.1, -0.05) is 18.5 Å². The van der Waals surface area contributed by atoms with E-state index in [0.717, 1.165) is 12.8 Å². The molecule has 0 saturated heterocycles. The Morgan fingerprint density at radius 2 is 2.58 bits per heavy atom. The maximum Gasteiger partial charge on any atom is 0.273 e. The van der Waals surface area contributed by atoms with Crippen LogP contribution in [-0.2, 0) is 0 Å². The van der Waals surface area contributed by atoms with Crippen LogP contribution in [0.2, 0.25) is 0 Å². The molecular formula is C8H12N2O2. The van der Waals surface area contributed by atoms with Gasteiger partial charge < -0.3 is 9.84 Å². The molecule has 0 radical (unpaired) electrons. The number of aromatic nitrogens is 1. The topological polar surface area (TPSA) is 55.1 Å². The van der Waals surface area contributed by atoms with E-state index in [1.165, 1.54) is 6.26 Å². The normalized spacial score (nSPS) is 9.75. The minimum absolute atomic E-state index is 0.169. The molecule has 66 valence electrons. The van der Waals surface area contributed by atoms with Crippen molar-refractivity contribution in [2.75, 3.05) is 6.54 Å². The zero-order valence-corrected chi connectivity index (χ0v) is 7.04. The van der Waals surface area contributed by atoms with Gasteiger partial charge in [-0.3, -0.25) is 4.79 Å². The van der Waals surface area contributed by atoms with Gasteiger partial charge in [-0.15, -0.1) is 0 Å². The molecular weight excluding hydrogens is 156 g/mol. The van der Waals surface area contributed by atoms with Crippen LogP contribution in [0.4, 0.5) is 0 Å². The van der Waals surface area contributed by atoms with Crippen LogP contribution in [0, 0.1) is 0 Å². The standard InChI is InChI=1S/C8H12N2O2/c1-2-3-5-9-8(11)7-4-6-12-10-7/h4,6H,2-3,5H2,1H3,(H,9,11). The van der Waals surface area contributed by atoms with Crippen molar-refractivity contribution in [1.82, 2.24) is 10.5 Å². The zero-order chi connectivity index (χ0) is 8.81. The molecule has 0 fully saturated rings. The van der Waals surface area contributed by atoms with E-state index >= 15 is 0 Å². The van der Waals surface area contributed by atoms with E-state index in [-0.39, 0.29) is 5.91 Å². The largest absolute Gasteiger partial charge is 0.364 e. The van der Waals surface area contributed by atoms with Crippen molar-refractivity contribution in [2.24, 2.45) is 0 Å². The molecule has 4 nitrogen and oxygen atoms in total. The molecule has 0 bridgehead atoms. The quantitative estimate of drug-likeness (QED) is 0.687. The maximum atomic E-state index is 11.1. The molecule has 0 atom stereocenters. The molecule has 0 spiro atoms. The van der Waals surface area contributed by atoms with Gasteiger partial charge in [0, 0.05) is 12.6 Å². The minimum atomic E-state index is -0.169. The molecule has 0 unspecified atom stereocenters. The Morgan fingerprint density at radius 3 is 3.17 bits per heavy atom. The summed E-state index contributed by atoms with van der Waals surface area (Å²) in [4.78, 5) is 11.1. The first kappa shape index (κ1) is 8.77. The summed E-state index contributed by atoms with van der Waals surface area (Å²) < 4.78 is 4.53. The van der Waals surface area contributed by atoms with E-state index in [1.807, 2.05) is 0 Å². The van der Waals surface area contributed by atoms with Crippen molar-refractivity contribution in [3.05, 3.63) is 18.0 Å². The highest BCUT2D eigenvalue weighted by atomic mass is 16.5. The molecule has 1 amide bonds. The maximum absolute atomic E-state index is 11.1. The van der Waals surface area contributed by atoms with E-state index in [0.29, 0.717) is 12.2 Å². The average molecular weight is 168 g/mol. The van der Waals surface area contributed by atoms with Crippen molar-refractivity contribution in [2.45, 2.75) is 19.8 Å². The molecule has 1 N–H and O–H groups in total. The van der Waals surface area contributed by atoms with Crippen LogP contribution in [0.25, 0.3) is 0 Å². The molecule has 1 heterocycles. The summed E-state index contributed by atoms with van der Waals surface area (Å²) >= 11 is 0. The average Bonchev–Trinajstić information content (AvgIpc) is 2.56. The van der Waals surface area contributed by atoms with Gasteiger partial charge >= 0.3 is 0 Å². The summed E-state index contributed by atoms with van der Waals surface area (Å²) in [7, 11) is 0. The van der Waals surface area contributed by atoms with Crippen molar-refractivity contribution in [3.63, 3.8) is 0 Å². The van der Waals surface area contributed by atoms with Crippen molar-refractivity contribution < 1.29 is 9.32 Å². The first-order chi connectivity index (χ1) is 5.84. The summed E-state index contributed by atoms with van der Waals surface area (Å²) in [6.45, 7) is 2.77. The Bertz CT molecular complexity index is 231. The summed E-state index contributed by atoms with van der Waals surface area (Å²) in [5, 5.41) is 6.23. The van der Waals surface area contributed by atoms with Gasteiger partial charge in [-0.25, -0.2) is 0 Å². The molecule has 0 aliphatic heterocycles. The van der Waals surface area contributed by atoms with Crippen LogP contribution in [0.1, 0.15) is 30.3 Å². The fourth-order valence-electron chi connectivity index (χ4n) is 0.799. The fourth-order valence-corrected chi connectivity index (χ4v) is 0.799. The second kappa shape index (κ2) is 4.54. The Hall–Kier alpha value is -1.32. The Kier molecular flexibility index (Phi) is 3.32. The first-order valence-corrected chi connectivity index (χ1v) is 4.03. The predicted molar refractivity (Wildman–Crippen MR) is 43.7 cm³/mol. The number of nitrogens with zero attached hydrogens (tertiary/aromatic N) is 1. The predicted octanol–water partition coefficient (Wildman–Crippen LogP) is 1.20. The number of amides is 1. The highest BCUT2D eigenvalue weighted by Crippen LogP contribution is 1.93. The number of carbonyl (C=O) groups is 1. The molecule has 0 aliphatic rings. The number of hydrogen-bond acceptors (Lipinski definition) is 3. The third-order valence-electron chi connectivity index (χ3n) is 1.49. The third kappa shape index (κ3) is 2.38. The molecule has 0 aliphatic carbocycles. The van der Waals surface area contributed by atoms with E-state index < -0.39 is 0 Å². The first-order valence-electron chi connectivity index (χ1n) is 4.03. The number of hydrogen-bond donors (Lipinski definition) is 1. The van der Waals surface area contributed by atoms with Crippen LogP contribution in [-0.4, -0.2) is 17.6 Å². The van der Waals surface area contributed by atoms with Crippen LogP contribution in [0.15, 0.2) is 16.9 Å². The summed E-state index contributed by atoms with van der Waals surface area (Å²) in [6, 6.07) is 1.54. The second-order valence-corrected chi connectivity index (χ2v) is 2.49. The van der Waals surface area contributed by atoms with Gasteiger partial charge in [0.2, 0.25) is 0 Å². The van der Waals surface area contributed by atoms with Gasteiger partial charge in [-0.05, 0) is 6.42 Å². The van der Waals surface area contributed by atoms with Gasteiger partial charge in [-0.2, -0.15) is 0 Å². The van der Waals surface area contributed by atoms with Gasteiger partial charge in [0.15, 0.2) is 5.69 Å². The lowest BCUT2D eigenvalue weighted by molar-refractivity contribution is 0.0944. The smallest absolute Gasteiger partial charge is 0.273 e. The fraction of sp³-hybridized carbons (Fsp3) is 0.500. The lowest BCUT2D eigenvalue weighted by Gasteiger charge is -1.99. The molecule has 0 saturated carbocycles. The highest BCUT2D eigenvalue weighted by Gasteiger charge is 2.06. The number of rotatable bonds is 4. The van der Waals surface area contributed by atoms with E-state index in [1.54, 1.807) is 6.07 Å². The zero-order valence-electron chi connectivity index (χ0n) is 7.04. The molecule has 0 aromatic carbocycles. The number of unbranched alkanes of at least 4 members (excludes halogenated alkanes) is 1. The lowest BCUT2D eigenvalue weighted by Crippen LogP contribution is -2.24. The van der Waals surface area contributed by atoms with Crippen molar-refractivity contribution in [3.8, 4) is 0 Å². The van der Waals surface area contributed by atoms with Crippen LogP contribution >= 0.6 is 0 Å². The van der Waals surface area contributed by atoms with Gasteiger partial charge in [0.05, 0.1) is 0 Å². The molecule has 1 aromatic heterocycles. The molecule has 4 heteroatoms. The van der Waals surface area contributed by atoms with Crippen LogP contribution in [0.3, 0.4) is 0 Å². The van der Waals surface area contributed by atoms with E-state index in [9.17, 15) is 4.79 Å². The van der Waals surface area contributed by atoms with Gasteiger partial charge in [0.25, 0.3) is 5.91 Å². The Labute approximate surface area is 70.9 Å². The second-order valence-electron chi connectivity index (χ2n) is 2.49. The summed E-state index contributed by atoms with van der Waals surface area (Å²) in [5.74, 6) is -0.169. The highest BCUT2D eigenvalue weighted by molar-refractivity contribution is 5.91. The van der Waals surface area contributed by atoms with Gasteiger partial charge in [0.1, 0.15) is 6.26 Å². The van der Waals surface area contributed by atoms with Crippen molar-refractivity contribution >= 4 is 5.91 Å². The summed E-state index contributed by atoms with van der Waals surface area (Å²) in [5.41, 5.74) is 0.339. The Balaban J connectivity index is 2.30. The number of nitrogens with one attached hydrogen (secondary N) is 1.